The fourth-order valence-electron chi connectivity index (χ4n) is 2.85. The van der Waals surface area contributed by atoms with Crippen LogP contribution in [0, 0.1) is 11.8 Å². The molecule has 112 valence electrons. The molecule has 2 N–H and O–H groups in total. The minimum atomic E-state index is -3.54. The number of morpholine rings is 1. The SMILES string of the molecule is NCC#Cc1ccccc1S(=O)(=O)N1CC2CCC(C1)O2. The van der Waals surface area contributed by atoms with Crippen LogP contribution in [0.3, 0.4) is 0 Å². The van der Waals surface area contributed by atoms with E-state index in [0.717, 1.165) is 12.8 Å². The molecule has 2 fully saturated rings. The molecular weight excluding hydrogens is 288 g/mol. The van der Waals surface area contributed by atoms with Crippen LogP contribution in [0.15, 0.2) is 29.2 Å². The summed E-state index contributed by atoms with van der Waals surface area (Å²) >= 11 is 0. The zero-order valence-electron chi connectivity index (χ0n) is 11.7. The molecule has 1 aromatic rings. The lowest BCUT2D eigenvalue weighted by molar-refractivity contribution is -0.0114. The monoisotopic (exact) mass is 306 g/mol. The van der Waals surface area contributed by atoms with E-state index in [9.17, 15) is 8.42 Å². The number of sulfonamides is 1. The lowest BCUT2D eigenvalue weighted by atomic mass is 10.2. The molecule has 0 aliphatic carbocycles. The molecule has 6 heteroatoms. The normalized spacial score (nSPS) is 25.4. The highest BCUT2D eigenvalue weighted by molar-refractivity contribution is 7.89. The summed E-state index contributed by atoms with van der Waals surface area (Å²) in [7, 11) is -3.54. The van der Waals surface area contributed by atoms with Crippen molar-refractivity contribution in [3.63, 3.8) is 0 Å². The molecule has 1 aromatic carbocycles. The van der Waals surface area contributed by atoms with Crippen LogP contribution in [-0.2, 0) is 14.8 Å². The number of nitrogens with zero attached hydrogens (tertiary/aromatic N) is 1. The highest BCUT2D eigenvalue weighted by atomic mass is 32.2. The first-order valence-electron chi connectivity index (χ1n) is 7.05. The van der Waals surface area contributed by atoms with Gasteiger partial charge in [0, 0.05) is 18.7 Å². The minimum absolute atomic E-state index is 0.0285. The lowest BCUT2D eigenvalue weighted by Gasteiger charge is -2.31. The molecule has 0 saturated carbocycles. The molecule has 2 atom stereocenters. The van der Waals surface area contributed by atoms with Gasteiger partial charge in [-0.15, -0.1) is 0 Å². The van der Waals surface area contributed by atoms with Gasteiger partial charge in [-0.25, -0.2) is 8.42 Å². The smallest absolute Gasteiger partial charge is 0.244 e. The Morgan fingerprint density at radius 1 is 1.24 bits per heavy atom. The maximum atomic E-state index is 12.9. The van der Waals surface area contributed by atoms with Gasteiger partial charge >= 0.3 is 0 Å². The van der Waals surface area contributed by atoms with Crippen molar-refractivity contribution in [1.82, 2.24) is 4.31 Å². The van der Waals surface area contributed by atoms with Gasteiger partial charge in [0.25, 0.3) is 0 Å². The molecular formula is C15H18N2O3S. The van der Waals surface area contributed by atoms with E-state index in [4.69, 9.17) is 10.5 Å². The molecule has 2 saturated heterocycles. The second-order valence-corrected chi connectivity index (χ2v) is 7.19. The van der Waals surface area contributed by atoms with Crippen molar-refractivity contribution in [3.8, 4) is 11.8 Å². The number of ether oxygens (including phenoxy) is 1. The van der Waals surface area contributed by atoms with Gasteiger partial charge in [-0.1, -0.05) is 24.0 Å². The standard InChI is InChI=1S/C15H18N2O3S/c16-9-3-5-12-4-1-2-6-15(12)21(18,19)17-10-13-7-8-14(11-17)20-13/h1-2,4,6,13-14H,7-11,16H2. The van der Waals surface area contributed by atoms with Gasteiger partial charge < -0.3 is 10.5 Å². The molecule has 2 bridgehead atoms. The van der Waals surface area contributed by atoms with Crippen LogP contribution < -0.4 is 5.73 Å². The Hall–Kier alpha value is -1.39. The second-order valence-electron chi connectivity index (χ2n) is 5.28. The topological polar surface area (TPSA) is 72.6 Å². The molecule has 0 aromatic heterocycles. The average molecular weight is 306 g/mol. The fourth-order valence-corrected chi connectivity index (χ4v) is 4.50. The number of rotatable bonds is 2. The van der Waals surface area contributed by atoms with E-state index in [0.29, 0.717) is 18.7 Å². The van der Waals surface area contributed by atoms with Crippen LogP contribution in [-0.4, -0.2) is 44.6 Å². The summed E-state index contributed by atoms with van der Waals surface area (Å²) in [4.78, 5) is 0.257. The molecule has 0 spiro atoms. The predicted molar refractivity (Wildman–Crippen MR) is 79.0 cm³/mol. The van der Waals surface area contributed by atoms with E-state index in [1.54, 1.807) is 24.3 Å². The molecule has 0 radical (unpaired) electrons. The summed E-state index contributed by atoms with van der Waals surface area (Å²) in [5, 5.41) is 0. The van der Waals surface area contributed by atoms with Gasteiger partial charge in [-0.05, 0) is 25.0 Å². The van der Waals surface area contributed by atoms with Gasteiger partial charge in [0.2, 0.25) is 10.0 Å². The first-order valence-corrected chi connectivity index (χ1v) is 8.49. The summed E-state index contributed by atoms with van der Waals surface area (Å²) < 4.78 is 33.0. The van der Waals surface area contributed by atoms with Gasteiger partial charge in [0.05, 0.1) is 23.6 Å². The van der Waals surface area contributed by atoms with Gasteiger partial charge in [-0.2, -0.15) is 4.31 Å². The zero-order chi connectivity index (χ0) is 14.9. The van der Waals surface area contributed by atoms with E-state index in [1.165, 1.54) is 4.31 Å². The number of benzene rings is 1. The third-order valence-electron chi connectivity index (χ3n) is 3.84. The van der Waals surface area contributed by atoms with Crippen LogP contribution in [0.2, 0.25) is 0 Å². The number of nitrogens with two attached hydrogens (primary N) is 1. The largest absolute Gasteiger partial charge is 0.372 e. The Kier molecular flexibility index (Phi) is 4.00. The maximum absolute atomic E-state index is 12.9. The predicted octanol–water partition coefficient (Wildman–Crippen LogP) is 0.549. The highest BCUT2D eigenvalue weighted by Crippen LogP contribution is 2.30. The van der Waals surface area contributed by atoms with Crippen molar-refractivity contribution in [2.75, 3.05) is 19.6 Å². The quantitative estimate of drug-likeness (QED) is 0.810. The zero-order valence-corrected chi connectivity index (χ0v) is 12.5. The third kappa shape index (κ3) is 2.83. The summed E-state index contributed by atoms with van der Waals surface area (Å²) in [6.45, 7) is 1.06. The second kappa shape index (κ2) is 5.78. The molecule has 0 amide bonds. The summed E-state index contributed by atoms with van der Waals surface area (Å²) in [5.41, 5.74) is 5.87. The molecule has 2 aliphatic heterocycles. The summed E-state index contributed by atoms with van der Waals surface area (Å²) in [5.74, 6) is 5.56. The Balaban J connectivity index is 1.95. The van der Waals surface area contributed by atoms with E-state index in [1.807, 2.05) is 0 Å². The molecule has 2 aliphatic rings. The maximum Gasteiger partial charge on any atom is 0.244 e. The molecule has 2 heterocycles. The Bertz CT molecular complexity index is 678. The first-order chi connectivity index (χ1) is 10.1. The van der Waals surface area contributed by atoms with Crippen LogP contribution in [0.5, 0.6) is 0 Å². The van der Waals surface area contributed by atoms with Crippen LogP contribution >= 0.6 is 0 Å². The molecule has 3 rings (SSSR count). The average Bonchev–Trinajstić information content (AvgIpc) is 2.83. The Labute approximate surface area is 125 Å². The lowest BCUT2D eigenvalue weighted by Crippen LogP contribution is -2.45. The van der Waals surface area contributed by atoms with E-state index in [2.05, 4.69) is 11.8 Å². The van der Waals surface area contributed by atoms with Crippen LogP contribution in [0.1, 0.15) is 18.4 Å². The minimum Gasteiger partial charge on any atom is -0.372 e. The van der Waals surface area contributed by atoms with Crippen molar-refractivity contribution in [2.24, 2.45) is 5.73 Å². The molecule has 2 unspecified atom stereocenters. The number of hydrogen-bond donors (Lipinski definition) is 1. The van der Waals surface area contributed by atoms with E-state index >= 15 is 0 Å². The van der Waals surface area contributed by atoms with Crippen molar-refractivity contribution < 1.29 is 13.2 Å². The Morgan fingerprint density at radius 2 is 1.90 bits per heavy atom. The van der Waals surface area contributed by atoms with Crippen molar-refractivity contribution in [1.29, 1.82) is 0 Å². The van der Waals surface area contributed by atoms with Crippen molar-refractivity contribution in [3.05, 3.63) is 29.8 Å². The first kappa shape index (κ1) is 14.5. The van der Waals surface area contributed by atoms with E-state index < -0.39 is 10.0 Å². The summed E-state index contributed by atoms with van der Waals surface area (Å²) in [6, 6.07) is 6.82. The number of hydrogen-bond acceptors (Lipinski definition) is 4. The van der Waals surface area contributed by atoms with Gasteiger partial charge in [0.1, 0.15) is 0 Å². The molecule has 21 heavy (non-hydrogen) atoms. The summed E-state index contributed by atoms with van der Waals surface area (Å²) in [6.07, 6.45) is 1.93. The van der Waals surface area contributed by atoms with Crippen LogP contribution in [0.4, 0.5) is 0 Å². The Morgan fingerprint density at radius 3 is 2.57 bits per heavy atom. The van der Waals surface area contributed by atoms with Gasteiger partial charge in [0.15, 0.2) is 0 Å². The molecule has 5 nitrogen and oxygen atoms in total. The van der Waals surface area contributed by atoms with Crippen molar-refractivity contribution >= 4 is 10.0 Å². The third-order valence-corrected chi connectivity index (χ3v) is 5.73. The van der Waals surface area contributed by atoms with Gasteiger partial charge in [-0.3, -0.25) is 0 Å². The van der Waals surface area contributed by atoms with E-state index in [-0.39, 0.29) is 23.6 Å². The number of fused-ring (bicyclic) bond motifs is 2. The van der Waals surface area contributed by atoms with Crippen molar-refractivity contribution in [2.45, 2.75) is 29.9 Å². The van der Waals surface area contributed by atoms with Crippen LogP contribution in [0.25, 0.3) is 0 Å². The highest BCUT2D eigenvalue weighted by Gasteiger charge is 2.39. The fraction of sp³-hybridized carbons (Fsp3) is 0.467.